The molecule has 0 saturated heterocycles. The first kappa shape index (κ1) is 21.6. The lowest BCUT2D eigenvalue weighted by Gasteiger charge is -2.10. The van der Waals surface area contributed by atoms with Crippen molar-refractivity contribution in [1.29, 1.82) is 0 Å². The van der Waals surface area contributed by atoms with Crippen LogP contribution >= 0.6 is 11.8 Å². The highest BCUT2D eigenvalue weighted by Gasteiger charge is 2.15. The molecule has 7 nitrogen and oxygen atoms in total. The van der Waals surface area contributed by atoms with E-state index in [-0.39, 0.29) is 24.1 Å². The average molecular weight is 424 g/mol. The van der Waals surface area contributed by atoms with Crippen LogP contribution in [0.15, 0.2) is 53.7 Å². The maximum absolute atomic E-state index is 12.4. The van der Waals surface area contributed by atoms with Crippen LogP contribution in [-0.4, -0.2) is 32.3 Å². The quantitative estimate of drug-likeness (QED) is 0.541. The number of amides is 2. The second-order valence-electron chi connectivity index (χ2n) is 6.85. The van der Waals surface area contributed by atoms with E-state index in [1.807, 2.05) is 61.7 Å². The van der Waals surface area contributed by atoms with Crippen molar-refractivity contribution in [2.75, 3.05) is 11.1 Å². The monoisotopic (exact) mass is 423 g/mol. The van der Waals surface area contributed by atoms with Gasteiger partial charge in [-0.05, 0) is 44.5 Å². The molecule has 0 radical (unpaired) electrons. The molecule has 2 amide bonds. The molecule has 3 rings (SSSR count). The molecule has 0 unspecified atom stereocenters. The van der Waals surface area contributed by atoms with Crippen LogP contribution in [0.4, 0.5) is 5.69 Å². The Bertz CT molecular complexity index is 1030. The summed E-state index contributed by atoms with van der Waals surface area (Å²) in [5, 5.41) is 14.8. The molecule has 2 N–H and O–H groups in total. The molecule has 0 spiro atoms. The van der Waals surface area contributed by atoms with Crippen molar-refractivity contribution in [1.82, 2.24) is 20.1 Å². The number of carbonyl (C=O) groups is 2. The molecule has 0 aliphatic carbocycles. The zero-order valence-electron chi connectivity index (χ0n) is 17.3. The van der Waals surface area contributed by atoms with Gasteiger partial charge in [-0.3, -0.25) is 9.59 Å². The van der Waals surface area contributed by atoms with Crippen molar-refractivity contribution in [2.24, 2.45) is 0 Å². The fourth-order valence-corrected chi connectivity index (χ4v) is 3.82. The molecule has 0 saturated carbocycles. The van der Waals surface area contributed by atoms with Gasteiger partial charge in [0.15, 0.2) is 11.0 Å². The SMILES string of the molecule is CCn1c(CNC(=O)c2ccccc2)nnc1SCC(=O)Nc1ccc(C)cc1C. The minimum atomic E-state index is -0.164. The summed E-state index contributed by atoms with van der Waals surface area (Å²) in [5.74, 6) is 0.612. The van der Waals surface area contributed by atoms with E-state index in [4.69, 9.17) is 0 Å². The van der Waals surface area contributed by atoms with E-state index in [9.17, 15) is 9.59 Å². The lowest BCUT2D eigenvalue weighted by molar-refractivity contribution is -0.113. The third kappa shape index (κ3) is 5.48. The minimum Gasteiger partial charge on any atom is -0.345 e. The number of carbonyl (C=O) groups excluding carboxylic acids is 2. The fraction of sp³-hybridized carbons (Fsp3) is 0.273. The van der Waals surface area contributed by atoms with Crippen LogP contribution in [0.3, 0.4) is 0 Å². The number of rotatable bonds is 8. The summed E-state index contributed by atoms with van der Waals surface area (Å²) >= 11 is 1.32. The topological polar surface area (TPSA) is 88.9 Å². The number of nitrogens with one attached hydrogen (secondary N) is 2. The van der Waals surface area contributed by atoms with E-state index in [1.165, 1.54) is 11.8 Å². The number of anilines is 1. The smallest absolute Gasteiger partial charge is 0.251 e. The standard InChI is InChI=1S/C22H25N5O2S/c1-4-27-19(13-23-21(29)17-8-6-5-7-9-17)25-26-22(27)30-14-20(28)24-18-11-10-15(2)12-16(18)3/h5-12H,4,13-14H2,1-3H3,(H,23,29)(H,24,28). The first-order chi connectivity index (χ1) is 14.5. The summed E-state index contributed by atoms with van der Waals surface area (Å²) in [6.07, 6.45) is 0. The van der Waals surface area contributed by atoms with Crippen LogP contribution in [-0.2, 0) is 17.9 Å². The lowest BCUT2D eigenvalue weighted by atomic mass is 10.1. The molecule has 3 aromatic rings. The Morgan fingerprint density at radius 1 is 1.07 bits per heavy atom. The Labute approximate surface area is 180 Å². The van der Waals surface area contributed by atoms with Crippen LogP contribution in [0, 0.1) is 13.8 Å². The van der Waals surface area contributed by atoms with Crippen LogP contribution in [0.5, 0.6) is 0 Å². The molecule has 0 bridgehead atoms. The van der Waals surface area contributed by atoms with E-state index < -0.39 is 0 Å². The van der Waals surface area contributed by atoms with Gasteiger partial charge >= 0.3 is 0 Å². The Kier molecular flexibility index (Phi) is 7.24. The number of thioether (sulfide) groups is 1. The largest absolute Gasteiger partial charge is 0.345 e. The van der Waals surface area contributed by atoms with Gasteiger partial charge in [0.05, 0.1) is 12.3 Å². The van der Waals surface area contributed by atoms with Crippen LogP contribution in [0.1, 0.15) is 34.2 Å². The molecule has 2 aromatic carbocycles. The van der Waals surface area contributed by atoms with E-state index in [0.29, 0.717) is 23.1 Å². The van der Waals surface area contributed by atoms with Gasteiger partial charge in [-0.15, -0.1) is 10.2 Å². The molecule has 0 fully saturated rings. The van der Waals surface area contributed by atoms with Crippen LogP contribution in [0.25, 0.3) is 0 Å². The maximum Gasteiger partial charge on any atom is 0.251 e. The molecule has 0 aliphatic rings. The van der Waals surface area contributed by atoms with Crippen LogP contribution < -0.4 is 10.6 Å². The van der Waals surface area contributed by atoms with Gasteiger partial charge in [0.2, 0.25) is 5.91 Å². The number of aryl methyl sites for hydroxylation is 2. The van der Waals surface area contributed by atoms with E-state index in [0.717, 1.165) is 16.8 Å². The molecule has 0 aliphatic heterocycles. The van der Waals surface area contributed by atoms with Crippen molar-refractivity contribution < 1.29 is 9.59 Å². The highest BCUT2D eigenvalue weighted by Crippen LogP contribution is 2.20. The summed E-state index contributed by atoms with van der Waals surface area (Å²) in [5.41, 5.74) is 3.59. The molecular formula is C22H25N5O2S. The number of hydrogen-bond acceptors (Lipinski definition) is 5. The van der Waals surface area contributed by atoms with Gasteiger partial charge in [-0.2, -0.15) is 0 Å². The number of aromatic nitrogens is 3. The van der Waals surface area contributed by atoms with Gasteiger partial charge in [-0.25, -0.2) is 0 Å². The van der Waals surface area contributed by atoms with Crippen molar-refractivity contribution in [3.63, 3.8) is 0 Å². The second-order valence-corrected chi connectivity index (χ2v) is 7.79. The third-order valence-electron chi connectivity index (χ3n) is 4.54. The lowest BCUT2D eigenvalue weighted by Crippen LogP contribution is -2.24. The molecule has 1 aromatic heterocycles. The number of hydrogen-bond donors (Lipinski definition) is 2. The van der Waals surface area contributed by atoms with Crippen molar-refractivity contribution in [3.8, 4) is 0 Å². The highest BCUT2D eigenvalue weighted by atomic mass is 32.2. The summed E-state index contributed by atoms with van der Waals surface area (Å²) < 4.78 is 1.90. The number of benzene rings is 2. The Morgan fingerprint density at radius 2 is 1.83 bits per heavy atom. The fourth-order valence-electron chi connectivity index (χ4n) is 3.00. The maximum atomic E-state index is 12.4. The van der Waals surface area contributed by atoms with Gasteiger partial charge in [0.25, 0.3) is 5.91 Å². The summed E-state index contributed by atoms with van der Waals surface area (Å²) in [4.78, 5) is 24.6. The minimum absolute atomic E-state index is 0.100. The van der Waals surface area contributed by atoms with Crippen molar-refractivity contribution in [3.05, 3.63) is 71.0 Å². The summed E-state index contributed by atoms with van der Waals surface area (Å²) in [6, 6.07) is 14.9. The highest BCUT2D eigenvalue weighted by molar-refractivity contribution is 7.99. The van der Waals surface area contributed by atoms with Crippen molar-refractivity contribution >= 4 is 29.3 Å². The molecule has 1 heterocycles. The predicted octanol–water partition coefficient (Wildman–Crippen LogP) is 3.58. The zero-order chi connectivity index (χ0) is 21.5. The van der Waals surface area contributed by atoms with Crippen molar-refractivity contribution in [2.45, 2.75) is 39.0 Å². The first-order valence-corrected chi connectivity index (χ1v) is 10.7. The molecule has 8 heteroatoms. The predicted molar refractivity (Wildman–Crippen MR) is 119 cm³/mol. The van der Waals surface area contributed by atoms with Gasteiger partial charge in [0, 0.05) is 17.8 Å². The molecule has 156 valence electrons. The van der Waals surface area contributed by atoms with Gasteiger partial charge in [0.1, 0.15) is 0 Å². The number of nitrogens with zero attached hydrogens (tertiary/aromatic N) is 3. The van der Waals surface area contributed by atoms with Crippen LogP contribution in [0.2, 0.25) is 0 Å². The second kappa shape index (κ2) is 10.1. The zero-order valence-corrected chi connectivity index (χ0v) is 18.1. The van der Waals surface area contributed by atoms with E-state index in [2.05, 4.69) is 20.8 Å². The average Bonchev–Trinajstić information content (AvgIpc) is 3.15. The Balaban J connectivity index is 1.57. The van der Waals surface area contributed by atoms with E-state index in [1.54, 1.807) is 12.1 Å². The first-order valence-electron chi connectivity index (χ1n) is 9.73. The Hall–Kier alpha value is -3.13. The molecule has 0 atom stereocenters. The molecular weight excluding hydrogens is 398 g/mol. The van der Waals surface area contributed by atoms with Gasteiger partial charge < -0.3 is 15.2 Å². The summed E-state index contributed by atoms with van der Waals surface area (Å²) in [6.45, 7) is 6.88. The van der Waals surface area contributed by atoms with E-state index >= 15 is 0 Å². The third-order valence-corrected chi connectivity index (χ3v) is 5.51. The normalized spacial score (nSPS) is 10.6. The van der Waals surface area contributed by atoms with Gasteiger partial charge in [-0.1, -0.05) is 47.7 Å². The Morgan fingerprint density at radius 3 is 2.53 bits per heavy atom. The summed E-state index contributed by atoms with van der Waals surface area (Å²) in [7, 11) is 0. The molecule has 30 heavy (non-hydrogen) atoms.